The van der Waals surface area contributed by atoms with Crippen LogP contribution < -0.4 is 0 Å². The van der Waals surface area contributed by atoms with Gasteiger partial charge in [0, 0.05) is 32.7 Å². The molecule has 2 rings (SSSR count). The summed E-state index contributed by atoms with van der Waals surface area (Å²) in [7, 11) is 1.56. The van der Waals surface area contributed by atoms with E-state index in [1.165, 1.54) is 4.90 Å². The Morgan fingerprint density at radius 2 is 1.89 bits per heavy atom. The Hall–Kier alpha value is -1.14. The second-order valence-corrected chi connectivity index (χ2v) is 5.49. The highest BCUT2D eigenvalue weighted by Gasteiger charge is 2.56. The standard InChI is InChI=1S/C13H23N3O3/c1-4-16-12(19)14(3)11(18)13(16)5-7-15(8-6-13)10(2)9-17/h10,17H,4-9H2,1-3H3/t10-/m0/s1. The van der Waals surface area contributed by atoms with E-state index in [0.29, 0.717) is 19.4 Å². The topological polar surface area (TPSA) is 64.1 Å². The highest BCUT2D eigenvalue weighted by atomic mass is 16.3. The van der Waals surface area contributed by atoms with Crippen LogP contribution in [0.2, 0.25) is 0 Å². The maximum absolute atomic E-state index is 12.4. The van der Waals surface area contributed by atoms with Gasteiger partial charge in [-0.1, -0.05) is 0 Å². The van der Waals surface area contributed by atoms with E-state index in [4.69, 9.17) is 0 Å². The minimum absolute atomic E-state index is 0.0735. The number of rotatable bonds is 3. The molecule has 19 heavy (non-hydrogen) atoms. The summed E-state index contributed by atoms with van der Waals surface area (Å²) in [6, 6.07) is -0.0754. The number of piperidine rings is 1. The Balaban J connectivity index is 2.16. The van der Waals surface area contributed by atoms with Gasteiger partial charge >= 0.3 is 6.03 Å². The first kappa shape index (κ1) is 14.3. The van der Waals surface area contributed by atoms with Crippen molar-refractivity contribution >= 4 is 11.9 Å². The summed E-state index contributed by atoms with van der Waals surface area (Å²) in [5.74, 6) is -0.0735. The lowest BCUT2D eigenvalue weighted by Crippen LogP contribution is -2.57. The van der Waals surface area contributed by atoms with Crippen molar-refractivity contribution in [3.05, 3.63) is 0 Å². The molecule has 2 heterocycles. The molecule has 1 spiro atoms. The average Bonchev–Trinajstić information content (AvgIpc) is 2.61. The molecule has 0 aromatic heterocycles. The number of imide groups is 1. The van der Waals surface area contributed by atoms with Crippen molar-refractivity contribution in [3.8, 4) is 0 Å². The molecule has 2 aliphatic rings. The van der Waals surface area contributed by atoms with Gasteiger partial charge in [-0.25, -0.2) is 4.79 Å². The zero-order valence-corrected chi connectivity index (χ0v) is 11.9. The molecule has 6 heteroatoms. The molecule has 2 fully saturated rings. The Labute approximate surface area is 114 Å². The maximum Gasteiger partial charge on any atom is 0.327 e. The van der Waals surface area contributed by atoms with Crippen LogP contribution in [0.15, 0.2) is 0 Å². The lowest BCUT2D eigenvalue weighted by Gasteiger charge is -2.43. The SMILES string of the molecule is CCN1C(=O)N(C)C(=O)C12CCN([C@@H](C)CO)CC2. The first-order valence-corrected chi connectivity index (χ1v) is 6.92. The minimum atomic E-state index is -0.647. The van der Waals surface area contributed by atoms with Gasteiger partial charge in [-0.15, -0.1) is 0 Å². The smallest absolute Gasteiger partial charge is 0.327 e. The van der Waals surface area contributed by atoms with Gasteiger partial charge in [0.25, 0.3) is 5.91 Å². The van der Waals surface area contributed by atoms with Gasteiger partial charge in [-0.2, -0.15) is 0 Å². The second kappa shape index (κ2) is 5.09. The van der Waals surface area contributed by atoms with Gasteiger partial charge in [-0.3, -0.25) is 14.6 Å². The van der Waals surface area contributed by atoms with Gasteiger partial charge in [0.2, 0.25) is 0 Å². The maximum atomic E-state index is 12.4. The Morgan fingerprint density at radius 1 is 1.32 bits per heavy atom. The molecule has 1 N–H and O–H groups in total. The molecule has 0 aromatic rings. The van der Waals surface area contributed by atoms with Gasteiger partial charge in [0.15, 0.2) is 0 Å². The van der Waals surface area contributed by atoms with Crippen molar-refractivity contribution in [2.24, 2.45) is 0 Å². The first-order valence-electron chi connectivity index (χ1n) is 6.92. The van der Waals surface area contributed by atoms with Crippen molar-refractivity contribution in [2.45, 2.75) is 38.3 Å². The van der Waals surface area contributed by atoms with Crippen molar-refractivity contribution in [3.63, 3.8) is 0 Å². The largest absolute Gasteiger partial charge is 0.395 e. The van der Waals surface area contributed by atoms with Crippen LogP contribution in [0, 0.1) is 0 Å². The summed E-state index contributed by atoms with van der Waals surface area (Å²) >= 11 is 0. The summed E-state index contributed by atoms with van der Waals surface area (Å²) in [5.41, 5.74) is -0.647. The van der Waals surface area contributed by atoms with E-state index in [0.717, 1.165) is 13.1 Å². The van der Waals surface area contributed by atoms with Gasteiger partial charge in [0.1, 0.15) is 5.54 Å². The van der Waals surface area contributed by atoms with Crippen LogP contribution in [0.3, 0.4) is 0 Å². The molecular formula is C13H23N3O3. The number of hydrogen-bond donors (Lipinski definition) is 1. The molecule has 2 saturated heterocycles. The number of aliphatic hydroxyl groups is 1. The Morgan fingerprint density at radius 3 is 2.37 bits per heavy atom. The fourth-order valence-corrected chi connectivity index (χ4v) is 3.25. The lowest BCUT2D eigenvalue weighted by molar-refractivity contribution is -0.135. The Bertz CT molecular complexity index is 377. The average molecular weight is 269 g/mol. The summed E-state index contributed by atoms with van der Waals surface area (Å²) in [5, 5.41) is 9.20. The monoisotopic (exact) mass is 269 g/mol. The fourth-order valence-electron chi connectivity index (χ4n) is 3.25. The zero-order chi connectivity index (χ0) is 14.2. The first-order chi connectivity index (χ1) is 8.97. The molecule has 3 amide bonds. The zero-order valence-electron chi connectivity index (χ0n) is 11.9. The molecule has 0 aliphatic carbocycles. The highest BCUT2D eigenvalue weighted by Crippen LogP contribution is 2.36. The predicted octanol–water partition coefficient (Wildman–Crippen LogP) is 0.116. The molecule has 6 nitrogen and oxygen atoms in total. The fraction of sp³-hybridized carbons (Fsp3) is 0.846. The lowest BCUT2D eigenvalue weighted by atomic mass is 9.85. The van der Waals surface area contributed by atoms with Crippen molar-refractivity contribution in [1.82, 2.24) is 14.7 Å². The molecule has 108 valence electrons. The summed E-state index contributed by atoms with van der Waals surface area (Å²) in [4.78, 5) is 29.6. The van der Waals surface area contributed by atoms with Crippen LogP contribution in [0.4, 0.5) is 4.79 Å². The number of carbonyl (C=O) groups is 2. The van der Waals surface area contributed by atoms with E-state index >= 15 is 0 Å². The molecule has 1 atom stereocenters. The quantitative estimate of drug-likeness (QED) is 0.739. The van der Waals surface area contributed by atoms with Crippen LogP contribution in [-0.4, -0.2) is 76.6 Å². The highest BCUT2D eigenvalue weighted by molar-refractivity contribution is 6.06. The van der Waals surface area contributed by atoms with Crippen LogP contribution in [0.25, 0.3) is 0 Å². The summed E-state index contributed by atoms with van der Waals surface area (Å²) in [6.07, 6.45) is 1.31. The van der Waals surface area contributed by atoms with Crippen molar-refractivity contribution in [2.75, 3.05) is 33.3 Å². The third-order valence-corrected chi connectivity index (χ3v) is 4.57. The van der Waals surface area contributed by atoms with Crippen LogP contribution in [0.1, 0.15) is 26.7 Å². The molecule has 0 unspecified atom stereocenters. The van der Waals surface area contributed by atoms with E-state index in [1.807, 2.05) is 13.8 Å². The van der Waals surface area contributed by atoms with Gasteiger partial charge < -0.3 is 10.0 Å². The number of likely N-dealkylation sites (tertiary alicyclic amines) is 1. The van der Waals surface area contributed by atoms with Crippen LogP contribution in [0.5, 0.6) is 0 Å². The van der Waals surface area contributed by atoms with E-state index in [-0.39, 0.29) is 24.6 Å². The normalized spacial score (nSPS) is 25.5. The van der Waals surface area contributed by atoms with Gasteiger partial charge in [0.05, 0.1) is 6.61 Å². The molecule has 0 aromatic carbocycles. The minimum Gasteiger partial charge on any atom is -0.395 e. The number of hydrogen-bond acceptors (Lipinski definition) is 4. The third-order valence-electron chi connectivity index (χ3n) is 4.57. The molecule has 0 radical (unpaired) electrons. The third kappa shape index (κ3) is 2.03. The molecular weight excluding hydrogens is 246 g/mol. The van der Waals surface area contributed by atoms with E-state index in [1.54, 1.807) is 11.9 Å². The van der Waals surface area contributed by atoms with Gasteiger partial charge in [-0.05, 0) is 26.7 Å². The van der Waals surface area contributed by atoms with E-state index in [2.05, 4.69) is 4.90 Å². The van der Waals surface area contributed by atoms with Crippen LogP contribution in [-0.2, 0) is 4.79 Å². The molecule has 2 aliphatic heterocycles. The number of nitrogens with zero attached hydrogens (tertiary/aromatic N) is 3. The summed E-state index contributed by atoms with van der Waals surface area (Å²) in [6.45, 7) is 6.05. The van der Waals surface area contributed by atoms with Crippen molar-refractivity contribution in [1.29, 1.82) is 0 Å². The van der Waals surface area contributed by atoms with E-state index in [9.17, 15) is 14.7 Å². The summed E-state index contributed by atoms with van der Waals surface area (Å²) < 4.78 is 0. The number of amides is 3. The molecule has 0 bridgehead atoms. The van der Waals surface area contributed by atoms with Crippen molar-refractivity contribution < 1.29 is 14.7 Å². The Kier molecular flexibility index (Phi) is 3.82. The predicted molar refractivity (Wildman–Crippen MR) is 70.6 cm³/mol. The number of carbonyl (C=O) groups excluding carboxylic acids is 2. The second-order valence-electron chi connectivity index (χ2n) is 5.49. The number of urea groups is 1. The number of aliphatic hydroxyl groups excluding tert-OH is 1. The molecule has 0 saturated carbocycles. The van der Waals surface area contributed by atoms with Crippen LogP contribution >= 0.6 is 0 Å². The number of likely N-dealkylation sites (N-methyl/N-ethyl adjacent to an activating group) is 2. The van der Waals surface area contributed by atoms with E-state index < -0.39 is 5.54 Å².